The summed E-state index contributed by atoms with van der Waals surface area (Å²) in [6.45, 7) is 3.72. The fourth-order valence-electron chi connectivity index (χ4n) is 3.50. The second kappa shape index (κ2) is 5.92. The van der Waals surface area contributed by atoms with Gasteiger partial charge in [0.1, 0.15) is 5.82 Å². The molecule has 1 aliphatic rings. The Morgan fingerprint density at radius 1 is 0.885 bits per heavy atom. The molecule has 0 amide bonds. The average Bonchev–Trinajstić information content (AvgIpc) is 3.05. The number of rotatable bonds is 2. The van der Waals surface area contributed by atoms with Crippen LogP contribution in [-0.2, 0) is 0 Å². The van der Waals surface area contributed by atoms with Gasteiger partial charge in [0.15, 0.2) is 11.6 Å². The van der Waals surface area contributed by atoms with Gasteiger partial charge in [0.25, 0.3) is 0 Å². The van der Waals surface area contributed by atoms with Gasteiger partial charge in [-0.3, -0.25) is 9.59 Å². The molecule has 0 radical (unpaired) electrons. The molecule has 128 valence electrons. The van der Waals surface area contributed by atoms with E-state index in [0.29, 0.717) is 16.8 Å². The van der Waals surface area contributed by atoms with Crippen molar-refractivity contribution in [1.29, 1.82) is 0 Å². The monoisotopic (exact) mass is 345 g/mol. The number of para-hydroxylation sites is 1. The number of aromatic nitrogens is 1. The maximum Gasteiger partial charge on any atom is 0.197 e. The number of allylic oxidation sites excluding steroid dienone is 1. The van der Waals surface area contributed by atoms with Crippen molar-refractivity contribution in [2.45, 2.75) is 13.8 Å². The average molecular weight is 345 g/mol. The second-order valence-corrected chi connectivity index (χ2v) is 6.38. The highest BCUT2D eigenvalue weighted by Gasteiger charge is 2.32. The molecule has 0 bridgehead atoms. The van der Waals surface area contributed by atoms with Gasteiger partial charge in [0.05, 0.1) is 11.3 Å². The topological polar surface area (TPSA) is 39.1 Å². The maximum absolute atomic E-state index is 14.2. The minimum atomic E-state index is -0.325. The largest absolute Gasteiger partial charge is 0.315 e. The summed E-state index contributed by atoms with van der Waals surface area (Å²) in [4.78, 5) is 25.2. The lowest BCUT2D eigenvalue weighted by Crippen LogP contribution is -2.03. The molecule has 0 saturated heterocycles. The van der Waals surface area contributed by atoms with Crippen molar-refractivity contribution in [3.63, 3.8) is 0 Å². The zero-order chi connectivity index (χ0) is 18.4. The number of benzene rings is 2. The molecule has 0 aliphatic heterocycles. The van der Waals surface area contributed by atoms with Crippen LogP contribution in [0.1, 0.15) is 37.7 Å². The Balaban J connectivity index is 1.83. The normalized spacial score (nSPS) is 13.3. The van der Waals surface area contributed by atoms with Crippen LogP contribution in [0.25, 0.3) is 11.8 Å². The number of hydrogen-bond acceptors (Lipinski definition) is 2. The van der Waals surface area contributed by atoms with Crippen LogP contribution in [0.2, 0.25) is 0 Å². The molecule has 0 fully saturated rings. The third-order valence-corrected chi connectivity index (χ3v) is 4.77. The first kappa shape index (κ1) is 16.2. The van der Waals surface area contributed by atoms with E-state index in [4.69, 9.17) is 0 Å². The van der Waals surface area contributed by atoms with Gasteiger partial charge in [-0.15, -0.1) is 0 Å². The first-order valence-electron chi connectivity index (χ1n) is 8.33. The fourth-order valence-corrected chi connectivity index (χ4v) is 3.50. The van der Waals surface area contributed by atoms with Crippen molar-refractivity contribution in [2.24, 2.45) is 0 Å². The van der Waals surface area contributed by atoms with Crippen molar-refractivity contribution in [2.75, 3.05) is 0 Å². The van der Waals surface area contributed by atoms with Crippen LogP contribution < -0.4 is 0 Å². The van der Waals surface area contributed by atoms with E-state index in [1.54, 1.807) is 53.1 Å². The minimum Gasteiger partial charge on any atom is -0.315 e. The van der Waals surface area contributed by atoms with E-state index in [1.165, 1.54) is 6.07 Å². The quantitative estimate of drug-likeness (QED) is 0.499. The summed E-state index contributed by atoms with van der Waals surface area (Å²) >= 11 is 0. The van der Waals surface area contributed by atoms with Gasteiger partial charge in [0, 0.05) is 22.5 Å². The number of aryl methyl sites for hydroxylation is 1. The van der Waals surface area contributed by atoms with Crippen LogP contribution in [0.3, 0.4) is 0 Å². The highest BCUT2D eigenvalue weighted by atomic mass is 19.1. The van der Waals surface area contributed by atoms with Gasteiger partial charge >= 0.3 is 0 Å². The Bertz CT molecular complexity index is 1070. The molecule has 1 aliphatic carbocycles. The summed E-state index contributed by atoms with van der Waals surface area (Å²) < 4.78 is 16.0. The van der Waals surface area contributed by atoms with E-state index in [0.717, 1.165) is 17.0 Å². The fraction of sp³-hybridized carbons (Fsp3) is 0.0909. The van der Waals surface area contributed by atoms with E-state index in [1.807, 2.05) is 19.9 Å². The summed E-state index contributed by atoms with van der Waals surface area (Å²) in [5.41, 5.74) is 3.81. The van der Waals surface area contributed by atoms with E-state index in [9.17, 15) is 14.0 Å². The lowest BCUT2D eigenvalue weighted by atomic mass is 10.1. The summed E-state index contributed by atoms with van der Waals surface area (Å²) in [6, 6.07) is 15.2. The highest BCUT2D eigenvalue weighted by molar-refractivity contribution is 6.41. The number of nitrogens with zero attached hydrogens (tertiary/aromatic N) is 1. The van der Waals surface area contributed by atoms with E-state index >= 15 is 0 Å². The van der Waals surface area contributed by atoms with Gasteiger partial charge in [-0.2, -0.15) is 0 Å². The molecule has 0 unspecified atom stereocenters. The molecule has 3 aromatic rings. The molecule has 0 atom stereocenters. The molecule has 4 rings (SSSR count). The molecule has 1 heterocycles. The Morgan fingerprint density at radius 2 is 1.46 bits per heavy atom. The van der Waals surface area contributed by atoms with Gasteiger partial charge in [-0.25, -0.2) is 4.39 Å². The smallest absolute Gasteiger partial charge is 0.197 e. The van der Waals surface area contributed by atoms with E-state index in [2.05, 4.69) is 0 Å². The van der Waals surface area contributed by atoms with Crippen LogP contribution in [0.4, 0.5) is 4.39 Å². The minimum absolute atomic E-state index is 0.153. The zero-order valence-corrected chi connectivity index (χ0v) is 14.4. The molecular weight excluding hydrogens is 329 g/mol. The summed E-state index contributed by atoms with van der Waals surface area (Å²) in [5, 5.41) is 0. The SMILES string of the molecule is Cc1cc(C=C2C(=O)c3ccccc3C2=O)c(C)n1-c1ccccc1F. The molecular formula is C22H16FNO2. The number of ketones is 2. The molecule has 3 nitrogen and oxygen atoms in total. The Hall–Kier alpha value is -3.27. The molecule has 26 heavy (non-hydrogen) atoms. The summed E-state index contributed by atoms with van der Waals surface area (Å²) in [7, 11) is 0. The van der Waals surface area contributed by atoms with Crippen LogP contribution >= 0.6 is 0 Å². The molecule has 0 spiro atoms. The van der Waals surface area contributed by atoms with Crippen molar-refractivity contribution < 1.29 is 14.0 Å². The number of hydrogen-bond donors (Lipinski definition) is 0. The summed E-state index contributed by atoms with van der Waals surface area (Å²) in [5.74, 6) is -0.850. The Labute approximate surface area is 150 Å². The number of carbonyl (C=O) groups excluding carboxylic acids is 2. The van der Waals surface area contributed by atoms with Crippen LogP contribution in [0.5, 0.6) is 0 Å². The predicted molar refractivity (Wildman–Crippen MR) is 98.3 cm³/mol. The molecule has 4 heteroatoms. The lowest BCUT2D eigenvalue weighted by molar-refractivity contribution is 0.0990. The second-order valence-electron chi connectivity index (χ2n) is 6.38. The number of Topliss-reactive ketones (excluding diaryl/α,β-unsaturated/α-hetero) is 2. The maximum atomic E-state index is 14.2. The molecule has 0 N–H and O–H groups in total. The number of fused-ring (bicyclic) bond motifs is 1. The van der Waals surface area contributed by atoms with Gasteiger partial charge < -0.3 is 4.57 Å². The number of halogens is 1. The van der Waals surface area contributed by atoms with Crippen LogP contribution in [0, 0.1) is 19.7 Å². The van der Waals surface area contributed by atoms with E-state index in [-0.39, 0.29) is 23.0 Å². The van der Waals surface area contributed by atoms with Crippen molar-refractivity contribution >= 4 is 17.6 Å². The zero-order valence-electron chi connectivity index (χ0n) is 14.4. The number of carbonyl (C=O) groups is 2. The Kier molecular flexibility index (Phi) is 3.69. The predicted octanol–water partition coefficient (Wildman–Crippen LogP) is 4.70. The van der Waals surface area contributed by atoms with E-state index < -0.39 is 0 Å². The first-order valence-corrected chi connectivity index (χ1v) is 8.33. The third kappa shape index (κ3) is 2.34. The third-order valence-electron chi connectivity index (χ3n) is 4.77. The molecule has 0 saturated carbocycles. The van der Waals surface area contributed by atoms with Gasteiger partial charge in [0.2, 0.25) is 0 Å². The van der Waals surface area contributed by atoms with Gasteiger partial charge in [-0.1, -0.05) is 36.4 Å². The van der Waals surface area contributed by atoms with Crippen LogP contribution in [0.15, 0.2) is 60.2 Å². The Morgan fingerprint density at radius 3 is 2.08 bits per heavy atom. The standard InChI is InChI=1S/C22H16FNO2/c1-13-11-15(14(2)24(13)20-10-6-5-9-19(20)23)12-18-21(25)16-7-3-4-8-17(16)22(18)26/h3-12H,1-2H3. The molecule has 2 aromatic carbocycles. The van der Waals surface area contributed by atoms with Crippen LogP contribution in [-0.4, -0.2) is 16.1 Å². The first-order chi connectivity index (χ1) is 12.5. The summed E-state index contributed by atoms with van der Waals surface area (Å²) in [6.07, 6.45) is 1.62. The molecule has 1 aromatic heterocycles. The van der Waals surface area contributed by atoms with Crippen molar-refractivity contribution in [3.05, 3.63) is 94.1 Å². The van der Waals surface area contributed by atoms with Crippen molar-refractivity contribution in [3.8, 4) is 5.69 Å². The van der Waals surface area contributed by atoms with Crippen molar-refractivity contribution in [1.82, 2.24) is 4.57 Å². The highest BCUT2D eigenvalue weighted by Crippen LogP contribution is 2.30. The van der Waals surface area contributed by atoms with Gasteiger partial charge in [-0.05, 0) is 43.7 Å². The lowest BCUT2D eigenvalue weighted by Gasteiger charge is -2.10.